The largest absolute Gasteiger partial charge is 0.376 e. The molecule has 1 unspecified atom stereocenters. The van der Waals surface area contributed by atoms with Crippen LogP contribution >= 0.6 is 11.6 Å². The Morgan fingerprint density at radius 3 is 2.90 bits per heavy atom. The normalized spacial score (nSPS) is 20.6. The van der Waals surface area contributed by atoms with Gasteiger partial charge in [-0.1, -0.05) is 24.6 Å². The minimum atomic E-state index is -3.58. The van der Waals surface area contributed by atoms with Gasteiger partial charge in [-0.2, -0.15) is 4.31 Å². The first kappa shape index (κ1) is 16.7. The smallest absolute Gasteiger partial charge is 0.244 e. The van der Waals surface area contributed by atoms with Gasteiger partial charge in [0.25, 0.3) is 0 Å². The fourth-order valence-corrected chi connectivity index (χ4v) is 4.29. The van der Waals surface area contributed by atoms with Crippen molar-refractivity contribution >= 4 is 21.6 Å². The van der Waals surface area contributed by atoms with Gasteiger partial charge in [-0.25, -0.2) is 8.42 Å². The van der Waals surface area contributed by atoms with E-state index in [2.05, 4.69) is 5.32 Å². The van der Waals surface area contributed by atoms with Crippen LogP contribution in [0.1, 0.15) is 19.4 Å². The highest BCUT2D eigenvalue weighted by Crippen LogP contribution is 2.27. The second-order valence-electron chi connectivity index (χ2n) is 5.09. The van der Waals surface area contributed by atoms with Crippen molar-refractivity contribution in [3.05, 3.63) is 28.8 Å². The second kappa shape index (κ2) is 7.07. The van der Waals surface area contributed by atoms with Gasteiger partial charge in [0, 0.05) is 19.6 Å². The lowest BCUT2D eigenvalue weighted by molar-refractivity contribution is 0.0102. The van der Waals surface area contributed by atoms with Crippen LogP contribution in [-0.4, -0.2) is 45.1 Å². The summed E-state index contributed by atoms with van der Waals surface area (Å²) >= 11 is 6.11. The molecule has 0 spiro atoms. The van der Waals surface area contributed by atoms with Crippen molar-refractivity contribution in [1.82, 2.24) is 9.62 Å². The zero-order valence-corrected chi connectivity index (χ0v) is 13.9. The molecule has 0 radical (unpaired) electrons. The van der Waals surface area contributed by atoms with Crippen LogP contribution in [0, 0.1) is 0 Å². The number of benzene rings is 1. The van der Waals surface area contributed by atoms with Gasteiger partial charge in [0.2, 0.25) is 10.0 Å². The molecule has 0 amide bonds. The zero-order chi connectivity index (χ0) is 15.5. The van der Waals surface area contributed by atoms with E-state index >= 15 is 0 Å². The van der Waals surface area contributed by atoms with E-state index in [4.69, 9.17) is 16.3 Å². The van der Waals surface area contributed by atoms with Crippen LogP contribution in [0.2, 0.25) is 5.02 Å². The summed E-state index contributed by atoms with van der Waals surface area (Å²) in [6.45, 7) is 6.45. The fraction of sp³-hybridized carbons (Fsp3) is 0.571. The Labute approximate surface area is 131 Å². The molecule has 5 nitrogen and oxygen atoms in total. The molecule has 1 fully saturated rings. The molecule has 1 aliphatic heterocycles. The summed E-state index contributed by atoms with van der Waals surface area (Å²) in [5, 5.41) is 3.44. The minimum absolute atomic E-state index is 0.0998. The Balaban J connectivity index is 2.30. The highest BCUT2D eigenvalue weighted by molar-refractivity contribution is 7.89. The summed E-state index contributed by atoms with van der Waals surface area (Å²) in [5.41, 5.74) is 0.904. The lowest BCUT2D eigenvalue weighted by Gasteiger charge is -2.30. The molecule has 0 aromatic heterocycles. The molecule has 2 rings (SSSR count). The molecule has 0 bridgehead atoms. The van der Waals surface area contributed by atoms with Crippen LogP contribution in [0.4, 0.5) is 0 Å². The van der Waals surface area contributed by atoms with Crippen molar-refractivity contribution in [2.45, 2.75) is 31.4 Å². The lowest BCUT2D eigenvalue weighted by Crippen LogP contribution is -2.44. The maximum atomic E-state index is 12.7. The summed E-state index contributed by atoms with van der Waals surface area (Å²) < 4.78 is 32.3. The van der Waals surface area contributed by atoms with Crippen LogP contribution in [0.15, 0.2) is 23.1 Å². The molecule has 1 N–H and O–H groups in total. The highest BCUT2D eigenvalue weighted by Gasteiger charge is 2.30. The molecular weight excluding hydrogens is 312 g/mol. The predicted molar refractivity (Wildman–Crippen MR) is 83.0 cm³/mol. The summed E-state index contributed by atoms with van der Waals surface area (Å²) in [7, 11) is -3.58. The molecule has 21 heavy (non-hydrogen) atoms. The first-order chi connectivity index (χ1) is 9.95. The average molecular weight is 333 g/mol. The molecule has 1 heterocycles. The minimum Gasteiger partial charge on any atom is -0.376 e. The van der Waals surface area contributed by atoms with E-state index in [9.17, 15) is 8.42 Å². The van der Waals surface area contributed by atoms with Crippen molar-refractivity contribution in [1.29, 1.82) is 0 Å². The molecule has 1 aromatic rings. The van der Waals surface area contributed by atoms with Gasteiger partial charge in [0.1, 0.15) is 4.90 Å². The van der Waals surface area contributed by atoms with Gasteiger partial charge < -0.3 is 10.1 Å². The van der Waals surface area contributed by atoms with Gasteiger partial charge in [-0.05, 0) is 31.2 Å². The van der Waals surface area contributed by atoms with Crippen LogP contribution in [0.3, 0.4) is 0 Å². The van der Waals surface area contributed by atoms with Crippen molar-refractivity contribution in [3.8, 4) is 0 Å². The Morgan fingerprint density at radius 1 is 1.48 bits per heavy atom. The third kappa shape index (κ3) is 3.96. The Kier molecular flexibility index (Phi) is 5.62. The standard InChI is InChI=1S/C14H21ClN2O3S/c1-3-16-9-12-4-5-13(15)14(8-12)21(18,19)17-6-7-20-11(2)10-17/h4-5,8,11,16H,3,6-7,9-10H2,1-2H3. The molecule has 1 aromatic carbocycles. The number of morpholine rings is 1. The SMILES string of the molecule is CCNCc1ccc(Cl)c(S(=O)(=O)N2CCOC(C)C2)c1. The number of rotatable bonds is 5. The molecule has 1 aliphatic rings. The second-order valence-corrected chi connectivity index (χ2v) is 7.40. The van der Waals surface area contributed by atoms with E-state index in [1.807, 2.05) is 19.9 Å². The van der Waals surface area contributed by atoms with Crippen LogP contribution < -0.4 is 5.32 Å². The fourth-order valence-electron chi connectivity index (χ4n) is 2.27. The Morgan fingerprint density at radius 2 is 2.24 bits per heavy atom. The number of hydrogen-bond donors (Lipinski definition) is 1. The summed E-state index contributed by atoms with van der Waals surface area (Å²) in [5.74, 6) is 0. The number of nitrogens with zero attached hydrogens (tertiary/aromatic N) is 1. The number of hydrogen-bond acceptors (Lipinski definition) is 4. The maximum absolute atomic E-state index is 12.7. The molecular formula is C14H21ClN2O3S. The molecule has 1 atom stereocenters. The number of sulfonamides is 1. The van der Waals surface area contributed by atoms with Crippen LogP contribution in [0.5, 0.6) is 0 Å². The van der Waals surface area contributed by atoms with E-state index in [0.29, 0.717) is 26.2 Å². The Bertz CT molecular complexity index is 592. The van der Waals surface area contributed by atoms with Crippen molar-refractivity contribution in [2.24, 2.45) is 0 Å². The maximum Gasteiger partial charge on any atom is 0.244 e. The summed E-state index contributed by atoms with van der Waals surface area (Å²) in [6, 6.07) is 5.14. The topological polar surface area (TPSA) is 58.6 Å². The summed E-state index contributed by atoms with van der Waals surface area (Å²) in [4.78, 5) is 0.175. The quantitative estimate of drug-likeness (QED) is 0.894. The van der Waals surface area contributed by atoms with Gasteiger partial charge in [0.15, 0.2) is 0 Å². The van der Waals surface area contributed by atoms with Gasteiger partial charge in [-0.3, -0.25) is 0 Å². The zero-order valence-electron chi connectivity index (χ0n) is 12.3. The number of ether oxygens (including phenoxy) is 1. The van der Waals surface area contributed by atoms with Crippen LogP contribution in [0.25, 0.3) is 0 Å². The van der Waals surface area contributed by atoms with Gasteiger partial charge >= 0.3 is 0 Å². The van der Waals surface area contributed by atoms with Crippen molar-refractivity contribution < 1.29 is 13.2 Å². The van der Waals surface area contributed by atoms with Crippen molar-refractivity contribution in [2.75, 3.05) is 26.2 Å². The van der Waals surface area contributed by atoms with Gasteiger partial charge in [0.05, 0.1) is 17.7 Å². The van der Waals surface area contributed by atoms with E-state index in [-0.39, 0.29) is 16.0 Å². The highest BCUT2D eigenvalue weighted by atomic mass is 35.5. The molecule has 1 saturated heterocycles. The number of nitrogens with one attached hydrogen (secondary N) is 1. The third-order valence-electron chi connectivity index (χ3n) is 3.40. The van der Waals surface area contributed by atoms with Gasteiger partial charge in [-0.15, -0.1) is 0 Å². The van der Waals surface area contributed by atoms with E-state index < -0.39 is 10.0 Å². The van der Waals surface area contributed by atoms with E-state index in [1.54, 1.807) is 12.1 Å². The third-order valence-corrected chi connectivity index (χ3v) is 5.74. The van der Waals surface area contributed by atoms with Crippen molar-refractivity contribution in [3.63, 3.8) is 0 Å². The molecule has 0 saturated carbocycles. The van der Waals surface area contributed by atoms with E-state index in [0.717, 1.165) is 12.1 Å². The van der Waals surface area contributed by atoms with E-state index in [1.165, 1.54) is 4.31 Å². The molecule has 7 heteroatoms. The predicted octanol–water partition coefficient (Wildman–Crippen LogP) is 1.86. The molecule has 0 aliphatic carbocycles. The lowest BCUT2D eigenvalue weighted by atomic mass is 10.2. The first-order valence-electron chi connectivity index (χ1n) is 7.06. The molecule has 118 valence electrons. The first-order valence-corrected chi connectivity index (χ1v) is 8.88. The Hall–Kier alpha value is -0.660. The monoisotopic (exact) mass is 332 g/mol. The average Bonchev–Trinajstić information content (AvgIpc) is 2.46. The number of halogens is 1. The van der Waals surface area contributed by atoms with Crippen LogP contribution in [-0.2, 0) is 21.3 Å². The summed E-state index contributed by atoms with van der Waals surface area (Å²) in [6.07, 6.45) is -0.0998.